The van der Waals surface area contributed by atoms with Gasteiger partial charge in [0.25, 0.3) is 0 Å². The Bertz CT molecular complexity index is 423. The van der Waals surface area contributed by atoms with E-state index in [-0.39, 0.29) is 25.8 Å². The molecule has 7 heteroatoms. The monoisotopic (exact) mass is 253 g/mol. The SMILES string of the molecule is Cc1cncc(NC(=O)NCCOCC(=O)O)c1. The topological polar surface area (TPSA) is 101 Å². The quantitative estimate of drug-likeness (QED) is 0.645. The van der Waals surface area contributed by atoms with Gasteiger partial charge in [0.15, 0.2) is 0 Å². The van der Waals surface area contributed by atoms with Gasteiger partial charge in [0.1, 0.15) is 6.61 Å². The highest BCUT2D eigenvalue weighted by molar-refractivity contribution is 5.89. The van der Waals surface area contributed by atoms with E-state index in [1.54, 1.807) is 12.3 Å². The van der Waals surface area contributed by atoms with E-state index in [2.05, 4.69) is 15.6 Å². The number of anilines is 1. The van der Waals surface area contributed by atoms with Crippen molar-refractivity contribution in [1.29, 1.82) is 0 Å². The number of aryl methyl sites for hydroxylation is 1. The fraction of sp³-hybridized carbons (Fsp3) is 0.364. The van der Waals surface area contributed by atoms with Crippen LogP contribution in [0.4, 0.5) is 10.5 Å². The van der Waals surface area contributed by atoms with Crippen LogP contribution < -0.4 is 10.6 Å². The third kappa shape index (κ3) is 5.80. The maximum absolute atomic E-state index is 11.4. The van der Waals surface area contributed by atoms with Crippen LogP contribution in [-0.2, 0) is 9.53 Å². The average Bonchev–Trinajstić information content (AvgIpc) is 2.28. The zero-order chi connectivity index (χ0) is 13.4. The van der Waals surface area contributed by atoms with E-state index in [9.17, 15) is 9.59 Å². The maximum Gasteiger partial charge on any atom is 0.329 e. The number of nitrogens with zero attached hydrogens (tertiary/aromatic N) is 1. The van der Waals surface area contributed by atoms with Gasteiger partial charge in [-0.15, -0.1) is 0 Å². The molecule has 0 saturated carbocycles. The van der Waals surface area contributed by atoms with Crippen molar-refractivity contribution in [2.75, 3.05) is 25.1 Å². The normalized spacial score (nSPS) is 9.83. The smallest absolute Gasteiger partial charge is 0.329 e. The molecule has 3 N–H and O–H groups in total. The zero-order valence-corrected chi connectivity index (χ0v) is 9.97. The number of nitrogens with one attached hydrogen (secondary N) is 2. The molecule has 98 valence electrons. The van der Waals surface area contributed by atoms with E-state index < -0.39 is 5.97 Å². The molecule has 0 spiro atoms. The van der Waals surface area contributed by atoms with Gasteiger partial charge in [-0.3, -0.25) is 4.98 Å². The summed E-state index contributed by atoms with van der Waals surface area (Å²) < 4.78 is 4.76. The Balaban J connectivity index is 2.20. The molecule has 7 nitrogen and oxygen atoms in total. The highest BCUT2D eigenvalue weighted by atomic mass is 16.5. The molecule has 0 atom stereocenters. The minimum atomic E-state index is -1.04. The van der Waals surface area contributed by atoms with Crippen LogP contribution in [-0.4, -0.2) is 41.8 Å². The molecule has 0 saturated heterocycles. The van der Waals surface area contributed by atoms with Gasteiger partial charge in [0.05, 0.1) is 18.5 Å². The van der Waals surface area contributed by atoms with E-state index in [1.807, 2.05) is 6.92 Å². The molecular formula is C11H15N3O4. The molecule has 0 aliphatic carbocycles. The van der Waals surface area contributed by atoms with Crippen molar-refractivity contribution in [3.05, 3.63) is 24.0 Å². The van der Waals surface area contributed by atoms with Crippen LogP contribution in [0.15, 0.2) is 18.5 Å². The van der Waals surface area contributed by atoms with Crippen LogP contribution in [0.25, 0.3) is 0 Å². The molecule has 1 heterocycles. The standard InChI is InChI=1S/C11H15N3O4/c1-8-4-9(6-12-5-8)14-11(17)13-2-3-18-7-10(15)16/h4-6H,2-3,7H2,1H3,(H,15,16)(H2,13,14,17). The van der Waals surface area contributed by atoms with Crippen molar-refractivity contribution in [1.82, 2.24) is 10.3 Å². The second-order valence-corrected chi connectivity index (χ2v) is 3.58. The van der Waals surface area contributed by atoms with Crippen molar-refractivity contribution in [3.8, 4) is 0 Å². The number of carbonyl (C=O) groups is 2. The Kier molecular flexibility index (Phi) is 5.59. The molecule has 0 aliphatic rings. The van der Waals surface area contributed by atoms with Crippen LogP contribution in [0.2, 0.25) is 0 Å². The summed E-state index contributed by atoms with van der Waals surface area (Å²) in [6.07, 6.45) is 3.22. The van der Waals surface area contributed by atoms with Crippen LogP contribution >= 0.6 is 0 Å². The summed E-state index contributed by atoms with van der Waals surface area (Å²) in [6.45, 7) is 1.88. The third-order valence-corrected chi connectivity index (χ3v) is 1.89. The lowest BCUT2D eigenvalue weighted by molar-refractivity contribution is -0.142. The minimum Gasteiger partial charge on any atom is -0.480 e. The van der Waals surface area contributed by atoms with Crippen LogP contribution in [0, 0.1) is 6.92 Å². The summed E-state index contributed by atoms with van der Waals surface area (Å²) >= 11 is 0. The summed E-state index contributed by atoms with van der Waals surface area (Å²) in [5.41, 5.74) is 1.54. The van der Waals surface area contributed by atoms with E-state index >= 15 is 0 Å². The molecule has 1 rings (SSSR count). The van der Waals surface area contributed by atoms with Crippen molar-refractivity contribution in [2.24, 2.45) is 0 Å². The van der Waals surface area contributed by atoms with Gasteiger partial charge in [-0.25, -0.2) is 9.59 Å². The first kappa shape index (κ1) is 13.9. The zero-order valence-electron chi connectivity index (χ0n) is 9.97. The first-order chi connectivity index (χ1) is 8.58. The number of hydrogen-bond donors (Lipinski definition) is 3. The van der Waals surface area contributed by atoms with E-state index in [0.717, 1.165) is 5.56 Å². The van der Waals surface area contributed by atoms with Gasteiger partial charge >= 0.3 is 12.0 Å². The van der Waals surface area contributed by atoms with E-state index in [0.29, 0.717) is 5.69 Å². The predicted molar refractivity (Wildman–Crippen MR) is 64.5 cm³/mol. The number of urea groups is 1. The summed E-state index contributed by atoms with van der Waals surface area (Å²) in [5.74, 6) is -1.04. The molecule has 0 aromatic carbocycles. The van der Waals surface area contributed by atoms with Crippen molar-refractivity contribution in [2.45, 2.75) is 6.92 Å². The molecule has 0 bridgehead atoms. The molecule has 18 heavy (non-hydrogen) atoms. The van der Waals surface area contributed by atoms with Gasteiger partial charge in [0.2, 0.25) is 0 Å². The molecule has 0 fully saturated rings. The first-order valence-corrected chi connectivity index (χ1v) is 5.34. The predicted octanol–water partition coefficient (Wildman–Crippen LogP) is 0.613. The largest absolute Gasteiger partial charge is 0.480 e. The number of aromatic nitrogens is 1. The number of ether oxygens (including phenoxy) is 1. The van der Waals surface area contributed by atoms with Crippen LogP contribution in [0.3, 0.4) is 0 Å². The molecule has 0 unspecified atom stereocenters. The summed E-state index contributed by atoms with van der Waals surface area (Å²) in [6, 6.07) is 1.40. The van der Waals surface area contributed by atoms with Crippen LogP contribution in [0.5, 0.6) is 0 Å². The van der Waals surface area contributed by atoms with E-state index in [4.69, 9.17) is 9.84 Å². The Morgan fingerprint density at radius 3 is 2.89 bits per heavy atom. The number of hydrogen-bond acceptors (Lipinski definition) is 4. The highest BCUT2D eigenvalue weighted by Crippen LogP contribution is 2.06. The number of pyridine rings is 1. The van der Waals surface area contributed by atoms with Gasteiger partial charge in [0, 0.05) is 12.7 Å². The molecule has 0 aliphatic heterocycles. The first-order valence-electron chi connectivity index (χ1n) is 5.34. The minimum absolute atomic E-state index is 0.145. The number of aliphatic carboxylic acids is 1. The Hall–Kier alpha value is -2.15. The van der Waals surface area contributed by atoms with Gasteiger partial charge in [-0.2, -0.15) is 0 Å². The lowest BCUT2D eigenvalue weighted by atomic mass is 10.3. The maximum atomic E-state index is 11.4. The lowest BCUT2D eigenvalue weighted by Crippen LogP contribution is -2.32. The third-order valence-electron chi connectivity index (χ3n) is 1.89. The molecular weight excluding hydrogens is 238 g/mol. The van der Waals surface area contributed by atoms with Gasteiger partial charge in [-0.05, 0) is 18.6 Å². The Labute approximate surface area is 104 Å². The van der Waals surface area contributed by atoms with E-state index in [1.165, 1.54) is 6.20 Å². The number of carboxylic acids is 1. The number of rotatable bonds is 6. The summed E-state index contributed by atoms with van der Waals surface area (Å²) in [4.78, 5) is 25.5. The van der Waals surface area contributed by atoms with Crippen molar-refractivity contribution < 1.29 is 19.4 Å². The second-order valence-electron chi connectivity index (χ2n) is 3.58. The molecule has 2 amide bonds. The van der Waals surface area contributed by atoms with Gasteiger partial charge < -0.3 is 20.5 Å². The van der Waals surface area contributed by atoms with Crippen LogP contribution in [0.1, 0.15) is 5.56 Å². The lowest BCUT2D eigenvalue weighted by Gasteiger charge is -2.07. The summed E-state index contributed by atoms with van der Waals surface area (Å²) in [7, 11) is 0. The highest BCUT2D eigenvalue weighted by Gasteiger charge is 2.02. The molecule has 1 aromatic heterocycles. The van der Waals surface area contributed by atoms with Crippen molar-refractivity contribution >= 4 is 17.7 Å². The molecule has 1 aromatic rings. The summed E-state index contributed by atoms with van der Waals surface area (Å²) in [5, 5.41) is 13.4. The molecule has 0 radical (unpaired) electrons. The fourth-order valence-corrected chi connectivity index (χ4v) is 1.19. The second kappa shape index (κ2) is 7.23. The number of carbonyl (C=O) groups excluding carboxylic acids is 1. The number of carboxylic acid groups (broad SMARTS) is 1. The average molecular weight is 253 g/mol. The number of amides is 2. The fourth-order valence-electron chi connectivity index (χ4n) is 1.19. The Morgan fingerprint density at radius 2 is 2.22 bits per heavy atom. The van der Waals surface area contributed by atoms with Crippen molar-refractivity contribution in [3.63, 3.8) is 0 Å². The van der Waals surface area contributed by atoms with Gasteiger partial charge in [-0.1, -0.05) is 0 Å². The Morgan fingerprint density at radius 1 is 1.44 bits per heavy atom.